The Balaban J connectivity index is 1.40. The van der Waals surface area contributed by atoms with Crippen molar-refractivity contribution in [3.63, 3.8) is 0 Å². The Morgan fingerprint density at radius 3 is 2.62 bits per heavy atom. The van der Waals surface area contributed by atoms with E-state index in [1.807, 2.05) is 15.9 Å². The fourth-order valence-corrected chi connectivity index (χ4v) is 4.21. The van der Waals surface area contributed by atoms with Gasteiger partial charge in [-0.2, -0.15) is 0 Å². The van der Waals surface area contributed by atoms with Crippen molar-refractivity contribution < 1.29 is 9.59 Å². The number of urea groups is 1. The Hall–Kier alpha value is -2.50. The lowest BCUT2D eigenvalue weighted by atomic mass is 9.96. The number of benzene rings is 1. The zero-order valence-electron chi connectivity index (χ0n) is 15.5. The third-order valence-corrected chi connectivity index (χ3v) is 5.63. The second-order valence-corrected chi connectivity index (χ2v) is 7.64. The van der Waals surface area contributed by atoms with Crippen molar-refractivity contribution in [2.45, 2.75) is 26.7 Å². The van der Waals surface area contributed by atoms with Crippen LogP contribution in [0.15, 0.2) is 18.2 Å². The van der Waals surface area contributed by atoms with E-state index in [4.69, 9.17) is 0 Å². The summed E-state index contributed by atoms with van der Waals surface area (Å²) < 4.78 is 0. The number of H-pyrrole nitrogens is 1. The maximum absolute atomic E-state index is 12.9. The topological polar surface area (TPSA) is 68.4 Å². The molecule has 138 valence electrons. The molecule has 0 spiro atoms. The predicted molar refractivity (Wildman–Crippen MR) is 101 cm³/mol. The smallest absolute Gasteiger partial charge is 0.317 e. The average Bonchev–Trinajstić information content (AvgIpc) is 3.22. The number of nitrogens with zero attached hydrogens (tertiary/aromatic N) is 2. The van der Waals surface area contributed by atoms with Gasteiger partial charge in [-0.25, -0.2) is 4.79 Å². The van der Waals surface area contributed by atoms with Crippen molar-refractivity contribution in [1.29, 1.82) is 0 Å². The molecule has 0 atom stereocenters. The van der Waals surface area contributed by atoms with E-state index >= 15 is 0 Å². The maximum Gasteiger partial charge on any atom is 0.317 e. The van der Waals surface area contributed by atoms with Crippen LogP contribution in [0.5, 0.6) is 0 Å². The molecule has 2 aromatic rings. The van der Waals surface area contributed by atoms with Crippen LogP contribution in [-0.4, -0.2) is 59.4 Å². The lowest BCUT2D eigenvalue weighted by Gasteiger charge is -2.33. The molecule has 1 aromatic heterocycles. The molecule has 2 saturated heterocycles. The highest BCUT2D eigenvalue weighted by atomic mass is 16.2. The van der Waals surface area contributed by atoms with E-state index in [9.17, 15) is 9.59 Å². The van der Waals surface area contributed by atoms with Crippen LogP contribution in [-0.2, 0) is 0 Å². The summed E-state index contributed by atoms with van der Waals surface area (Å²) in [4.78, 5) is 31.7. The summed E-state index contributed by atoms with van der Waals surface area (Å²) in [6.45, 7) is 8.01. The summed E-state index contributed by atoms with van der Waals surface area (Å²) in [6.07, 6.45) is 1.90. The van der Waals surface area contributed by atoms with Crippen molar-refractivity contribution in [2.75, 3.05) is 32.7 Å². The summed E-state index contributed by atoms with van der Waals surface area (Å²) in [7, 11) is 0. The van der Waals surface area contributed by atoms with Gasteiger partial charge in [0.15, 0.2) is 0 Å². The van der Waals surface area contributed by atoms with Gasteiger partial charge in [-0.1, -0.05) is 11.6 Å². The number of aryl methyl sites for hydroxylation is 2. The standard InChI is InChI=1S/C20H26N4O2/c1-13-9-14(2)18-16(10-13)11-17(22-18)19(25)23-6-3-15(4-7-23)12-24-8-5-21-20(24)26/h9-11,15,22H,3-8,12H2,1-2H3,(H,21,26). The highest BCUT2D eigenvalue weighted by Gasteiger charge is 2.28. The van der Waals surface area contributed by atoms with E-state index in [1.54, 1.807) is 0 Å². The molecule has 2 aliphatic rings. The number of hydrogen-bond donors (Lipinski definition) is 2. The minimum absolute atomic E-state index is 0.0484. The fourth-order valence-electron chi connectivity index (χ4n) is 4.21. The van der Waals surface area contributed by atoms with Crippen LogP contribution < -0.4 is 5.32 Å². The molecule has 2 fully saturated rings. The molecule has 0 bridgehead atoms. The number of nitrogens with one attached hydrogen (secondary N) is 2. The number of carbonyl (C=O) groups excluding carboxylic acids is 2. The molecule has 0 unspecified atom stereocenters. The normalized spacial score (nSPS) is 18.6. The SMILES string of the molecule is Cc1cc(C)c2[nH]c(C(=O)N3CCC(CN4CCNC4=O)CC3)cc2c1. The molecule has 2 aliphatic heterocycles. The van der Waals surface area contributed by atoms with E-state index in [-0.39, 0.29) is 11.9 Å². The number of aromatic amines is 1. The summed E-state index contributed by atoms with van der Waals surface area (Å²) >= 11 is 0. The van der Waals surface area contributed by atoms with Crippen LogP contribution in [0.1, 0.15) is 34.5 Å². The molecule has 1 aromatic carbocycles. The molecule has 6 heteroatoms. The average molecular weight is 354 g/mol. The molecular weight excluding hydrogens is 328 g/mol. The number of carbonyl (C=O) groups is 2. The van der Waals surface area contributed by atoms with E-state index < -0.39 is 0 Å². The largest absolute Gasteiger partial charge is 0.350 e. The van der Waals surface area contributed by atoms with Crippen LogP contribution in [0, 0.1) is 19.8 Å². The zero-order valence-corrected chi connectivity index (χ0v) is 15.5. The van der Waals surface area contributed by atoms with E-state index in [2.05, 4.69) is 36.3 Å². The van der Waals surface area contributed by atoms with Crippen molar-refractivity contribution in [3.8, 4) is 0 Å². The van der Waals surface area contributed by atoms with Crippen LogP contribution in [0.25, 0.3) is 10.9 Å². The summed E-state index contributed by atoms with van der Waals surface area (Å²) in [5, 5.41) is 3.95. The Labute approximate surface area is 153 Å². The number of piperidine rings is 1. The first-order valence-corrected chi connectivity index (χ1v) is 9.43. The summed E-state index contributed by atoms with van der Waals surface area (Å²) in [5.74, 6) is 0.561. The van der Waals surface area contributed by atoms with Crippen molar-refractivity contribution in [3.05, 3.63) is 35.0 Å². The molecule has 6 nitrogen and oxygen atoms in total. The Bertz CT molecular complexity index is 849. The molecule has 26 heavy (non-hydrogen) atoms. The van der Waals surface area contributed by atoms with Crippen LogP contribution in [0.3, 0.4) is 0 Å². The molecule has 0 aliphatic carbocycles. The highest BCUT2D eigenvalue weighted by Crippen LogP contribution is 2.24. The predicted octanol–water partition coefficient (Wildman–Crippen LogP) is 2.66. The molecule has 3 heterocycles. The van der Waals surface area contributed by atoms with Gasteiger partial charge in [0.1, 0.15) is 5.69 Å². The second kappa shape index (κ2) is 6.67. The first kappa shape index (κ1) is 16.9. The van der Waals surface area contributed by atoms with Gasteiger partial charge in [0.2, 0.25) is 0 Å². The van der Waals surface area contributed by atoms with Gasteiger partial charge >= 0.3 is 6.03 Å². The number of amides is 3. The molecule has 0 radical (unpaired) electrons. The number of fused-ring (bicyclic) bond motifs is 1. The van der Waals surface area contributed by atoms with Crippen LogP contribution in [0.2, 0.25) is 0 Å². The lowest BCUT2D eigenvalue weighted by Crippen LogP contribution is -2.42. The van der Waals surface area contributed by atoms with E-state index in [0.717, 1.165) is 56.5 Å². The van der Waals surface area contributed by atoms with Gasteiger partial charge in [0.25, 0.3) is 5.91 Å². The number of rotatable bonds is 3. The van der Waals surface area contributed by atoms with Crippen molar-refractivity contribution >= 4 is 22.8 Å². The van der Waals surface area contributed by atoms with E-state index in [1.165, 1.54) is 11.1 Å². The Morgan fingerprint density at radius 2 is 1.92 bits per heavy atom. The Morgan fingerprint density at radius 1 is 1.15 bits per heavy atom. The quantitative estimate of drug-likeness (QED) is 0.890. The molecule has 2 N–H and O–H groups in total. The lowest BCUT2D eigenvalue weighted by molar-refractivity contribution is 0.0672. The van der Waals surface area contributed by atoms with Crippen molar-refractivity contribution in [2.24, 2.45) is 5.92 Å². The highest BCUT2D eigenvalue weighted by molar-refractivity contribution is 5.99. The van der Waals surface area contributed by atoms with Gasteiger partial charge in [0, 0.05) is 43.6 Å². The van der Waals surface area contributed by atoms with Gasteiger partial charge in [-0.3, -0.25) is 4.79 Å². The molecule has 0 saturated carbocycles. The fraction of sp³-hybridized carbons (Fsp3) is 0.500. The second-order valence-electron chi connectivity index (χ2n) is 7.64. The van der Waals surface area contributed by atoms with Crippen LogP contribution >= 0.6 is 0 Å². The maximum atomic E-state index is 12.9. The third-order valence-electron chi connectivity index (χ3n) is 5.63. The number of hydrogen-bond acceptors (Lipinski definition) is 2. The van der Waals surface area contributed by atoms with Gasteiger partial charge in [-0.15, -0.1) is 0 Å². The first-order valence-electron chi connectivity index (χ1n) is 9.43. The minimum Gasteiger partial charge on any atom is -0.350 e. The summed E-state index contributed by atoms with van der Waals surface area (Å²) in [6, 6.07) is 6.26. The Kier molecular flexibility index (Phi) is 4.34. The first-order chi connectivity index (χ1) is 12.5. The monoisotopic (exact) mass is 354 g/mol. The van der Waals surface area contributed by atoms with E-state index in [0.29, 0.717) is 11.6 Å². The van der Waals surface area contributed by atoms with Crippen LogP contribution in [0.4, 0.5) is 4.79 Å². The minimum atomic E-state index is 0.0484. The number of likely N-dealkylation sites (tertiary alicyclic amines) is 1. The van der Waals surface area contributed by atoms with Gasteiger partial charge in [-0.05, 0) is 50.3 Å². The van der Waals surface area contributed by atoms with Gasteiger partial charge in [0.05, 0.1) is 0 Å². The third kappa shape index (κ3) is 3.16. The molecular formula is C20H26N4O2. The van der Waals surface area contributed by atoms with Gasteiger partial charge < -0.3 is 20.1 Å². The zero-order chi connectivity index (χ0) is 18.3. The molecule has 3 amide bonds. The summed E-state index contributed by atoms with van der Waals surface area (Å²) in [5.41, 5.74) is 4.10. The number of aromatic nitrogens is 1. The molecule has 4 rings (SSSR count). The van der Waals surface area contributed by atoms with Crippen molar-refractivity contribution in [1.82, 2.24) is 20.1 Å².